The second-order valence-electron chi connectivity index (χ2n) is 4.26. The van der Waals surface area contributed by atoms with Crippen molar-refractivity contribution >= 4 is 0 Å². The summed E-state index contributed by atoms with van der Waals surface area (Å²) in [5.74, 6) is 0. The molecular formula is C12H23N3O. The minimum atomic E-state index is -0.00962. The van der Waals surface area contributed by atoms with E-state index in [-0.39, 0.29) is 6.04 Å². The molecular weight excluding hydrogens is 202 g/mol. The van der Waals surface area contributed by atoms with Crippen LogP contribution in [0, 0.1) is 11.3 Å². The Balaban J connectivity index is 2.15. The van der Waals surface area contributed by atoms with Crippen molar-refractivity contribution in [3.05, 3.63) is 0 Å². The fourth-order valence-corrected chi connectivity index (χ4v) is 2.12. The highest BCUT2D eigenvalue weighted by Gasteiger charge is 2.19. The zero-order chi connectivity index (χ0) is 11.8. The second-order valence-corrected chi connectivity index (χ2v) is 4.26. The minimum Gasteiger partial charge on any atom is -0.378 e. The zero-order valence-electron chi connectivity index (χ0n) is 10.4. The van der Waals surface area contributed by atoms with E-state index in [4.69, 9.17) is 10.00 Å². The Bertz CT molecular complexity index is 219. The van der Waals surface area contributed by atoms with Crippen molar-refractivity contribution in [1.29, 1.82) is 5.26 Å². The summed E-state index contributed by atoms with van der Waals surface area (Å²) in [6, 6.07) is 2.25. The van der Waals surface area contributed by atoms with E-state index in [1.807, 2.05) is 7.05 Å². The molecule has 0 spiro atoms. The smallest absolute Gasteiger partial charge is 0.0962 e. The Hall–Kier alpha value is -0.630. The van der Waals surface area contributed by atoms with Crippen LogP contribution in [0.4, 0.5) is 0 Å². The van der Waals surface area contributed by atoms with E-state index < -0.39 is 0 Å². The molecule has 0 aromatic carbocycles. The standard InChI is InChI=1S/C12H23N3O/c1-3-16-12-5-8-15(9-6-12)7-4-11(10-13)14-2/h11-12,14H,3-9H2,1-2H3. The minimum absolute atomic E-state index is 0.00962. The maximum Gasteiger partial charge on any atom is 0.0962 e. The Morgan fingerprint density at radius 1 is 1.50 bits per heavy atom. The van der Waals surface area contributed by atoms with Crippen molar-refractivity contribution in [3.63, 3.8) is 0 Å². The number of piperidine rings is 1. The van der Waals surface area contributed by atoms with E-state index >= 15 is 0 Å². The highest BCUT2D eigenvalue weighted by atomic mass is 16.5. The van der Waals surface area contributed by atoms with Gasteiger partial charge in [0, 0.05) is 26.2 Å². The summed E-state index contributed by atoms with van der Waals surface area (Å²) in [6.07, 6.45) is 3.62. The van der Waals surface area contributed by atoms with Gasteiger partial charge in [-0.05, 0) is 33.2 Å². The molecule has 1 aliphatic rings. The van der Waals surface area contributed by atoms with E-state index in [1.54, 1.807) is 0 Å². The summed E-state index contributed by atoms with van der Waals surface area (Å²) >= 11 is 0. The maximum atomic E-state index is 8.82. The number of nitriles is 1. The molecule has 1 fully saturated rings. The Morgan fingerprint density at radius 2 is 2.19 bits per heavy atom. The van der Waals surface area contributed by atoms with Crippen LogP contribution in [0.15, 0.2) is 0 Å². The molecule has 4 nitrogen and oxygen atoms in total. The summed E-state index contributed by atoms with van der Waals surface area (Å²) in [7, 11) is 1.84. The van der Waals surface area contributed by atoms with E-state index in [0.29, 0.717) is 6.10 Å². The Morgan fingerprint density at radius 3 is 2.69 bits per heavy atom. The predicted octanol–water partition coefficient (Wildman–Crippen LogP) is 0.989. The lowest BCUT2D eigenvalue weighted by molar-refractivity contribution is 0.0139. The van der Waals surface area contributed by atoms with Crippen LogP contribution in [0.3, 0.4) is 0 Å². The number of nitrogens with one attached hydrogen (secondary N) is 1. The number of hydrogen-bond acceptors (Lipinski definition) is 4. The van der Waals surface area contributed by atoms with Gasteiger partial charge in [-0.2, -0.15) is 5.26 Å². The van der Waals surface area contributed by atoms with Crippen molar-refractivity contribution in [2.24, 2.45) is 0 Å². The summed E-state index contributed by atoms with van der Waals surface area (Å²) in [5, 5.41) is 11.8. The van der Waals surface area contributed by atoms with Gasteiger partial charge >= 0.3 is 0 Å². The van der Waals surface area contributed by atoms with Gasteiger partial charge < -0.3 is 15.0 Å². The van der Waals surface area contributed by atoms with Gasteiger partial charge in [0.15, 0.2) is 0 Å². The molecule has 0 aliphatic carbocycles. The van der Waals surface area contributed by atoms with Gasteiger partial charge in [-0.15, -0.1) is 0 Å². The average Bonchev–Trinajstić information content (AvgIpc) is 2.33. The third-order valence-electron chi connectivity index (χ3n) is 3.18. The molecule has 1 atom stereocenters. The monoisotopic (exact) mass is 225 g/mol. The van der Waals surface area contributed by atoms with Gasteiger partial charge in [0.1, 0.15) is 0 Å². The third kappa shape index (κ3) is 4.48. The lowest BCUT2D eigenvalue weighted by Gasteiger charge is -2.32. The summed E-state index contributed by atoms with van der Waals surface area (Å²) in [4.78, 5) is 2.43. The van der Waals surface area contributed by atoms with Crippen LogP contribution in [-0.4, -0.2) is 50.3 Å². The van der Waals surface area contributed by atoms with Gasteiger partial charge in [0.05, 0.1) is 18.2 Å². The normalized spacial score (nSPS) is 20.6. The van der Waals surface area contributed by atoms with Crippen LogP contribution in [0.5, 0.6) is 0 Å². The molecule has 16 heavy (non-hydrogen) atoms. The summed E-state index contributed by atoms with van der Waals surface area (Å²) < 4.78 is 5.61. The molecule has 0 saturated carbocycles. The molecule has 4 heteroatoms. The SMILES string of the molecule is CCOC1CCN(CCC(C#N)NC)CC1. The molecule has 0 aromatic heterocycles. The molecule has 92 valence electrons. The first-order valence-electron chi connectivity index (χ1n) is 6.21. The first-order chi connectivity index (χ1) is 7.80. The van der Waals surface area contributed by atoms with Gasteiger partial charge in [0.25, 0.3) is 0 Å². The van der Waals surface area contributed by atoms with Gasteiger partial charge in [0.2, 0.25) is 0 Å². The van der Waals surface area contributed by atoms with Crippen LogP contribution in [0.2, 0.25) is 0 Å². The van der Waals surface area contributed by atoms with Crippen molar-refractivity contribution in [3.8, 4) is 6.07 Å². The Labute approximate surface area is 98.6 Å². The fourth-order valence-electron chi connectivity index (χ4n) is 2.12. The largest absolute Gasteiger partial charge is 0.378 e. The predicted molar refractivity (Wildman–Crippen MR) is 64.2 cm³/mol. The molecule has 1 N–H and O–H groups in total. The molecule has 1 unspecified atom stereocenters. The third-order valence-corrected chi connectivity index (χ3v) is 3.18. The molecule has 0 bridgehead atoms. The number of ether oxygens (including phenoxy) is 1. The van der Waals surface area contributed by atoms with E-state index in [2.05, 4.69) is 23.2 Å². The molecule has 1 saturated heterocycles. The van der Waals surface area contributed by atoms with Gasteiger partial charge in [-0.25, -0.2) is 0 Å². The lowest BCUT2D eigenvalue weighted by atomic mass is 10.1. The summed E-state index contributed by atoms with van der Waals surface area (Å²) in [6.45, 7) is 6.09. The molecule has 0 aromatic rings. The molecule has 1 heterocycles. The number of nitrogens with zero attached hydrogens (tertiary/aromatic N) is 2. The number of rotatable bonds is 6. The molecule has 1 aliphatic heterocycles. The van der Waals surface area contributed by atoms with E-state index in [1.165, 1.54) is 0 Å². The van der Waals surface area contributed by atoms with E-state index in [0.717, 1.165) is 45.5 Å². The molecule has 0 radical (unpaired) electrons. The van der Waals surface area contributed by atoms with Gasteiger partial charge in [-0.1, -0.05) is 0 Å². The molecule has 0 amide bonds. The quantitative estimate of drug-likeness (QED) is 0.732. The van der Waals surface area contributed by atoms with Gasteiger partial charge in [-0.3, -0.25) is 0 Å². The van der Waals surface area contributed by atoms with Crippen molar-refractivity contribution in [2.75, 3.05) is 33.3 Å². The topological polar surface area (TPSA) is 48.3 Å². The lowest BCUT2D eigenvalue weighted by Crippen LogP contribution is -2.39. The average molecular weight is 225 g/mol. The fraction of sp³-hybridized carbons (Fsp3) is 0.917. The van der Waals surface area contributed by atoms with Crippen molar-refractivity contribution < 1.29 is 4.74 Å². The number of likely N-dealkylation sites (tertiary alicyclic amines) is 1. The Kier molecular flexibility index (Phi) is 6.39. The van der Waals surface area contributed by atoms with Crippen LogP contribution >= 0.6 is 0 Å². The van der Waals surface area contributed by atoms with Crippen LogP contribution in [0.1, 0.15) is 26.2 Å². The van der Waals surface area contributed by atoms with Crippen LogP contribution < -0.4 is 5.32 Å². The highest BCUT2D eigenvalue weighted by Crippen LogP contribution is 2.13. The van der Waals surface area contributed by atoms with Crippen molar-refractivity contribution in [2.45, 2.75) is 38.3 Å². The molecule has 1 rings (SSSR count). The van der Waals surface area contributed by atoms with Crippen molar-refractivity contribution in [1.82, 2.24) is 10.2 Å². The first-order valence-corrected chi connectivity index (χ1v) is 6.21. The maximum absolute atomic E-state index is 8.82. The zero-order valence-corrected chi connectivity index (χ0v) is 10.4. The second kappa shape index (κ2) is 7.61. The summed E-state index contributed by atoms with van der Waals surface area (Å²) in [5.41, 5.74) is 0. The van der Waals surface area contributed by atoms with Crippen LogP contribution in [-0.2, 0) is 4.74 Å². The van der Waals surface area contributed by atoms with E-state index in [9.17, 15) is 0 Å². The highest BCUT2D eigenvalue weighted by molar-refractivity contribution is 4.89. The first kappa shape index (κ1) is 13.4. The van der Waals surface area contributed by atoms with Crippen LogP contribution in [0.25, 0.3) is 0 Å². The number of hydrogen-bond donors (Lipinski definition) is 1.